The van der Waals surface area contributed by atoms with Gasteiger partial charge in [0.1, 0.15) is 0 Å². The molecule has 0 amide bonds. The van der Waals surface area contributed by atoms with Crippen LogP contribution in [0.1, 0.15) is 6.92 Å². The molecule has 0 spiro atoms. The average Bonchev–Trinajstić information content (AvgIpc) is 1.55. The molecule has 1 aliphatic carbocycles. The molecule has 0 aromatic heterocycles. The van der Waals surface area contributed by atoms with Crippen LogP contribution in [0.2, 0.25) is 0 Å². The Morgan fingerprint density at radius 2 is 2.43 bits per heavy atom. The van der Waals surface area contributed by atoms with Crippen LogP contribution in [-0.2, 0) is 0 Å². The second kappa shape index (κ2) is 2.12. The van der Waals surface area contributed by atoms with Crippen molar-refractivity contribution in [3.63, 3.8) is 0 Å². The minimum Gasteiger partial charge on any atom is -0.310 e. The highest BCUT2D eigenvalue weighted by Gasteiger charge is 2.05. The Hall–Kier alpha value is -0.300. The van der Waals surface area contributed by atoms with E-state index in [0.29, 0.717) is 6.04 Å². The molecule has 1 rings (SSSR count). The van der Waals surface area contributed by atoms with Crippen molar-refractivity contribution in [1.82, 2.24) is 5.32 Å². The zero-order valence-corrected chi connectivity index (χ0v) is 4.52. The summed E-state index contributed by atoms with van der Waals surface area (Å²) in [6, 6.07) is 0.574. The highest BCUT2D eigenvalue weighted by atomic mass is 14.9. The van der Waals surface area contributed by atoms with Crippen molar-refractivity contribution < 1.29 is 0 Å². The van der Waals surface area contributed by atoms with E-state index in [1.165, 1.54) is 0 Å². The third kappa shape index (κ3) is 1.03. The van der Waals surface area contributed by atoms with Crippen molar-refractivity contribution in [2.75, 3.05) is 6.54 Å². The Bertz CT molecular complexity index is 76.2. The van der Waals surface area contributed by atoms with Crippen LogP contribution in [0.4, 0.5) is 0 Å². The Morgan fingerprint density at radius 3 is 2.57 bits per heavy atom. The van der Waals surface area contributed by atoms with Crippen LogP contribution in [-0.4, -0.2) is 12.6 Å². The van der Waals surface area contributed by atoms with Gasteiger partial charge in [0.15, 0.2) is 0 Å². The lowest BCUT2D eigenvalue weighted by molar-refractivity contribution is 0.663. The molecule has 1 atom stereocenters. The maximum atomic E-state index is 3.24. The third-order valence-electron chi connectivity index (χ3n) is 1.08. The van der Waals surface area contributed by atoms with Crippen molar-refractivity contribution in [3.05, 3.63) is 18.6 Å². The molecule has 0 aliphatic heterocycles. The standard InChI is InChI=1S/C6H10N/c1-2-7-6-4-3-5-6/h3-7H,2H2,1H3. The SMILES string of the molecule is CCNC1[CH]C=C1. The molecule has 39 valence electrons. The predicted octanol–water partition coefficient (Wildman–Crippen LogP) is 0.739. The molecule has 1 N–H and O–H groups in total. The molecule has 1 aliphatic rings. The zero-order valence-electron chi connectivity index (χ0n) is 4.52. The van der Waals surface area contributed by atoms with Crippen molar-refractivity contribution in [2.24, 2.45) is 0 Å². The first kappa shape index (κ1) is 4.85. The van der Waals surface area contributed by atoms with E-state index >= 15 is 0 Å². The second-order valence-corrected chi connectivity index (χ2v) is 1.66. The minimum atomic E-state index is 0.574. The lowest BCUT2D eigenvalue weighted by Gasteiger charge is -2.16. The summed E-state index contributed by atoms with van der Waals surface area (Å²) in [7, 11) is 0. The van der Waals surface area contributed by atoms with Crippen LogP contribution in [0.5, 0.6) is 0 Å². The summed E-state index contributed by atoms with van der Waals surface area (Å²) in [6.07, 6.45) is 6.35. The largest absolute Gasteiger partial charge is 0.310 e. The first-order valence-electron chi connectivity index (χ1n) is 2.68. The van der Waals surface area contributed by atoms with E-state index in [1.807, 2.05) is 0 Å². The van der Waals surface area contributed by atoms with Gasteiger partial charge in [-0.25, -0.2) is 0 Å². The second-order valence-electron chi connectivity index (χ2n) is 1.66. The van der Waals surface area contributed by atoms with Gasteiger partial charge in [0.2, 0.25) is 0 Å². The Balaban J connectivity index is 2.06. The maximum absolute atomic E-state index is 3.24. The van der Waals surface area contributed by atoms with Crippen LogP contribution in [0, 0.1) is 6.42 Å². The van der Waals surface area contributed by atoms with Crippen molar-refractivity contribution in [2.45, 2.75) is 13.0 Å². The molecule has 1 radical (unpaired) electrons. The Morgan fingerprint density at radius 1 is 1.71 bits per heavy atom. The summed E-state index contributed by atoms with van der Waals surface area (Å²) < 4.78 is 0. The molecule has 0 saturated carbocycles. The smallest absolute Gasteiger partial charge is 0.0319 e. The lowest BCUT2D eigenvalue weighted by atomic mass is 10.1. The maximum Gasteiger partial charge on any atom is 0.0319 e. The average molecular weight is 96.2 g/mol. The van der Waals surface area contributed by atoms with Crippen LogP contribution in [0.15, 0.2) is 12.2 Å². The molecular weight excluding hydrogens is 86.1 g/mol. The van der Waals surface area contributed by atoms with Crippen LogP contribution < -0.4 is 5.32 Å². The molecule has 0 bridgehead atoms. The number of nitrogens with one attached hydrogen (secondary N) is 1. The first-order chi connectivity index (χ1) is 3.43. The summed E-state index contributed by atoms with van der Waals surface area (Å²) >= 11 is 0. The van der Waals surface area contributed by atoms with Crippen molar-refractivity contribution in [3.8, 4) is 0 Å². The summed E-state index contributed by atoms with van der Waals surface area (Å²) in [6.45, 7) is 3.17. The van der Waals surface area contributed by atoms with Crippen LogP contribution in [0.3, 0.4) is 0 Å². The van der Waals surface area contributed by atoms with E-state index in [9.17, 15) is 0 Å². The number of hydrogen-bond donors (Lipinski definition) is 1. The van der Waals surface area contributed by atoms with E-state index in [-0.39, 0.29) is 0 Å². The zero-order chi connectivity index (χ0) is 5.11. The van der Waals surface area contributed by atoms with Gasteiger partial charge >= 0.3 is 0 Å². The van der Waals surface area contributed by atoms with Gasteiger partial charge in [-0.05, 0) is 6.54 Å². The van der Waals surface area contributed by atoms with Gasteiger partial charge in [0.25, 0.3) is 0 Å². The molecule has 0 aromatic carbocycles. The van der Waals surface area contributed by atoms with E-state index < -0.39 is 0 Å². The van der Waals surface area contributed by atoms with Crippen LogP contribution in [0.25, 0.3) is 0 Å². The summed E-state index contributed by atoms with van der Waals surface area (Å²) in [5, 5.41) is 3.24. The number of hydrogen-bond acceptors (Lipinski definition) is 1. The molecular formula is C6H10N. The quantitative estimate of drug-likeness (QED) is 0.534. The summed E-state index contributed by atoms with van der Waals surface area (Å²) in [5.41, 5.74) is 0. The van der Waals surface area contributed by atoms with Gasteiger partial charge < -0.3 is 5.32 Å². The number of rotatable bonds is 2. The van der Waals surface area contributed by atoms with E-state index in [4.69, 9.17) is 0 Å². The molecule has 0 aromatic rings. The molecule has 7 heavy (non-hydrogen) atoms. The van der Waals surface area contributed by atoms with Gasteiger partial charge in [-0.2, -0.15) is 0 Å². The normalized spacial score (nSPS) is 27.3. The fraction of sp³-hybridized carbons (Fsp3) is 0.500. The predicted molar refractivity (Wildman–Crippen MR) is 30.9 cm³/mol. The van der Waals surface area contributed by atoms with E-state index in [0.717, 1.165) is 6.54 Å². The molecule has 1 heteroatoms. The molecule has 0 heterocycles. The van der Waals surface area contributed by atoms with Crippen LogP contribution >= 0.6 is 0 Å². The van der Waals surface area contributed by atoms with E-state index in [2.05, 4.69) is 30.8 Å². The van der Waals surface area contributed by atoms with Gasteiger partial charge in [0.05, 0.1) is 0 Å². The minimum absolute atomic E-state index is 0.574. The highest BCUT2D eigenvalue weighted by molar-refractivity contribution is 5.20. The van der Waals surface area contributed by atoms with Gasteiger partial charge in [0, 0.05) is 12.5 Å². The van der Waals surface area contributed by atoms with Gasteiger partial charge in [-0.3, -0.25) is 0 Å². The Kier molecular flexibility index (Phi) is 1.47. The van der Waals surface area contributed by atoms with Gasteiger partial charge in [-0.15, -0.1) is 0 Å². The lowest BCUT2D eigenvalue weighted by Crippen LogP contribution is -2.30. The molecule has 1 nitrogen and oxygen atoms in total. The number of likely N-dealkylation sites (N-methyl/N-ethyl adjacent to an activating group) is 1. The topological polar surface area (TPSA) is 12.0 Å². The molecule has 1 unspecified atom stereocenters. The monoisotopic (exact) mass is 96.1 g/mol. The van der Waals surface area contributed by atoms with Gasteiger partial charge in [-0.1, -0.05) is 19.1 Å². The highest BCUT2D eigenvalue weighted by Crippen LogP contribution is 2.03. The Labute approximate surface area is 44.4 Å². The van der Waals surface area contributed by atoms with Crippen molar-refractivity contribution in [1.29, 1.82) is 0 Å². The molecule has 0 saturated heterocycles. The fourth-order valence-electron chi connectivity index (χ4n) is 0.594. The van der Waals surface area contributed by atoms with E-state index in [1.54, 1.807) is 0 Å². The first-order valence-corrected chi connectivity index (χ1v) is 2.68. The summed E-state index contributed by atoms with van der Waals surface area (Å²) in [5.74, 6) is 0. The molecule has 0 fully saturated rings. The summed E-state index contributed by atoms with van der Waals surface area (Å²) in [4.78, 5) is 0. The third-order valence-corrected chi connectivity index (χ3v) is 1.08. The fourth-order valence-corrected chi connectivity index (χ4v) is 0.594. The van der Waals surface area contributed by atoms with Crippen molar-refractivity contribution >= 4 is 0 Å².